The highest BCUT2D eigenvalue weighted by atomic mass is 32.1. The number of benzene rings is 1. The van der Waals surface area contributed by atoms with E-state index >= 15 is 0 Å². The first kappa shape index (κ1) is 16.6. The van der Waals surface area contributed by atoms with E-state index in [1.165, 1.54) is 12.1 Å². The molecule has 0 radical (unpaired) electrons. The summed E-state index contributed by atoms with van der Waals surface area (Å²) in [4.78, 5) is 16.1. The summed E-state index contributed by atoms with van der Waals surface area (Å²) in [5, 5.41) is 6.01. The van der Waals surface area contributed by atoms with E-state index in [-0.39, 0.29) is 11.7 Å². The lowest BCUT2D eigenvalue weighted by Crippen LogP contribution is -2.25. The van der Waals surface area contributed by atoms with E-state index in [0.29, 0.717) is 13.0 Å². The third kappa shape index (κ3) is 5.93. The fraction of sp³-hybridized carbons (Fsp3) is 0.412. The standard InChI is InChI=1S/C17H21FN2OS/c1-13-20-16(12-22-13)10-11-19-17(21)5-3-2-4-14-6-8-15(18)9-7-14/h6-9,12H,2-5,10-11H2,1H3,(H,19,21). The zero-order valence-corrected chi connectivity index (χ0v) is 13.6. The lowest BCUT2D eigenvalue weighted by molar-refractivity contribution is -0.121. The van der Waals surface area contributed by atoms with Crippen LogP contribution in [0.3, 0.4) is 0 Å². The number of halogens is 1. The van der Waals surface area contributed by atoms with Crippen LogP contribution in [0.5, 0.6) is 0 Å². The molecule has 0 spiro atoms. The average molecular weight is 320 g/mol. The third-order valence-corrected chi connectivity index (χ3v) is 4.22. The van der Waals surface area contributed by atoms with Crippen LogP contribution in [0.2, 0.25) is 0 Å². The fourth-order valence-corrected chi connectivity index (χ4v) is 2.85. The van der Waals surface area contributed by atoms with Crippen LogP contribution in [0.15, 0.2) is 29.6 Å². The zero-order valence-electron chi connectivity index (χ0n) is 12.8. The number of hydrogen-bond donors (Lipinski definition) is 1. The molecule has 1 heterocycles. The summed E-state index contributed by atoms with van der Waals surface area (Å²) < 4.78 is 12.8. The summed E-state index contributed by atoms with van der Waals surface area (Å²) in [6.45, 7) is 2.62. The predicted molar refractivity (Wildman–Crippen MR) is 87.5 cm³/mol. The molecule has 5 heteroatoms. The number of carbonyl (C=O) groups is 1. The Hall–Kier alpha value is -1.75. The molecule has 118 valence electrons. The minimum absolute atomic E-state index is 0.0889. The van der Waals surface area contributed by atoms with Crippen molar-refractivity contribution in [3.63, 3.8) is 0 Å². The zero-order chi connectivity index (χ0) is 15.8. The Balaban J connectivity index is 1.55. The van der Waals surface area contributed by atoms with E-state index in [1.807, 2.05) is 12.3 Å². The Morgan fingerprint density at radius 2 is 2.00 bits per heavy atom. The largest absolute Gasteiger partial charge is 0.356 e. The van der Waals surface area contributed by atoms with Gasteiger partial charge in [-0.15, -0.1) is 11.3 Å². The molecule has 0 unspecified atom stereocenters. The van der Waals surface area contributed by atoms with Gasteiger partial charge in [-0.25, -0.2) is 9.37 Å². The molecule has 0 fully saturated rings. The lowest BCUT2D eigenvalue weighted by atomic mass is 10.1. The Morgan fingerprint density at radius 1 is 1.23 bits per heavy atom. The van der Waals surface area contributed by atoms with Crippen molar-refractivity contribution >= 4 is 17.2 Å². The molecule has 0 aliphatic heterocycles. The summed E-state index contributed by atoms with van der Waals surface area (Å²) in [6, 6.07) is 6.54. The van der Waals surface area contributed by atoms with Crippen LogP contribution in [0.25, 0.3) is 0 Å². The van der Waals surface area contributed by atoms with Crippen LogP contribution < -0.4 is 5.32 Å². The highest BCUT2D eigenvalue weighted by Crippen LogP contribution is 2.09. The van der Waals surface area contributed by atoms with Crippen molar-refractivity contribution in [1.82, 2.24) is 10.3 Å². The predicted octanol–water partition coefficient (Wildman–Crippen LogP) is 3.66. The molecule has 0 atom stereocenters. The van der Waals surface area contributed by atoms with Crippen molar-refractivity contribution in [2.45, 2.75) is 39.0 Å². The van der Waals surface area contributed by atoms with Gasteiger partial charge in [-0.2, -0.15) is 0 Å². The van der Waals surface area contributed by atoms with Gasteiger partial charge in [0, 0.05) is 24.8 Å². The molecular formula is C17H21FN2OS. The van der Waals surface area contributed by atoms with E-state index in [0.717, 1.165) is 41.9 Å². The summed E-state index contributed by atoms with van der Waals surface area (Å²) >= 11 is 1.63. The smallest absolute Gasteiger partial charge is 0.220 e. The Labute approximate surface area is 134 Å². The summed E-state index contributed by atoms with van der Waals surface area (Å²) in [5.74, 6) is -0.121. The first-order chi connectivity index (χ1) is 10.6. The molecule has 2 rings (SSSR count). The van der Waals surface area contributed by atoms with E-state index in [1.54, 1.807) is 23.5 Å². The van der Waals surface area contributed by atoms with Gasteiger partial charge in [-0.3, -0.25) is 4.79 Å². The number of hydrogen-bond acceptors (Lipinski definition) is 3. The number of nitrogens with zero attached hydrogens (tertiary/aromatic N) is 1. The quantitative estimate of drug-likeness (QED) is 0.754. The number of thiazole rings is 1. The molecule has 0 saturated carbocycles. The number of carbonyl (C=O) groups excluding carboxylic acids is 1. The van der Waals surface area contributed by atoms with Gasteiger partial charge in [-0.05, 0) is 43.9 Å². The van der Waals surface area contributed by atoms with Crippen LogP contribution in [0.1, 0.15) is 35.5 Å². The van der Waals surface area contributed by atoms with Crippen molar-refractivity contribution in [2.24, 2.45) is 0 Å². The number of nitrogens with one attached hydrogen (secondary N) is 1. The van der Waals surface area contributed by atoms with Gasteiger partial charge in [0.1, 0.15) is 5.82 Å². The third-order valence-electron chi connectivity index (χ3n) is 3.40. The van der Waals surface area contributed by atoms with E-state index in [2.05, 4.69) is 10.3 Å². The molecule has 1 amide bonds. The molecule has 3 nitrogen and oxygen atoms in total. The van der Waals surface area contributed by atoms with Gasteiger partial charge in [0.15, 0.2) is 0 Å². The van der Waals surface area contributed by atoms with Gasteiger partial charge in [0.25, 0.3) is 0 Å². The second kappa shape index (κ2) is 8.63. The van der Waals surface area contributed by atoms with Crippen molar-refractivity contribution < 1.29 is 9.18 Å². The normalized spacial score (nSPS) is 10.6. The van der Waals surface area contributed by atoms with Crippen molar-refractivity contribution in [3.8, 4) is 0 Å². The number of aryl methyl sites for hydroxylation is 2. The molecule has 22 heavy (non-hydrogen) atoms. The fourth-order valence-electron chi connectivity index (χ4n) is 2.21. The Morgan fingerprint density at radius 3 is 2.68 bits per heavy atom. The molecule has 1 aromatic heterocycles. The summed E-state index contributed by atoms with van der Waals surface area (Å²) in [6.07, 6.45) is 3.98. The SMILES string of the molecule is Cc1nc(CCNC(=O)CCCCc2ccc(F)cc2)cs1. The van der Waals surface area contributed by atoms with Crippen LogP contribution in [0.4, 0.5) is 4.39 Å². The molecule has 0 saturated heterocycles. The van der Waals surface area contributed by atoms with Crippen molar-refractivity contribution in [2.75, 3.05) is 6.54 Å². The molecule has 0 bridgehead atoms. The van der Waals surface area contributed by atoms with Crippen molar-refractivity contribution in [3.05, 3.63) is 51.7 Å². The minimum atomic E-state index is -0.210. The maximum atomic E-state index is 12.8. The molecule has 2 aromatic rings. The average Bonchev–Trinajstić information content (AvgIpc) is 2.91. The molecule has 0 aliphatic carbocycles. The highest BCUT2D eigenvalue weighted by Gasteiger charge is 2.03. The van der Waals surface area contributed by atoms with E-state index in [9.17, 15) is 9.18 Å². The maximum absolute atomic E-state index is 12.8. The Kier molecular flexibility index (Phi) is 6.52. The number of unbranched alkanes of at least 4 members (excludes halogenated alkanes) is 1. The van der Waals surface area contributed by atoms with Crippen LogP contribution >= 0.6 is 11.3 Å². The summed E-state index contributed by atoms with van der Waals surface area (Å²) in [7, 11) is 0. The second-order valence-electron chi connectivity index (χ2n) is 5.29. The number of amides is 1. The number of rotatable bonds is 8. The highest BCUT2D eigenvalue weighted by molar-refractivity contribution is 7.09. The molecule has 1 aromatic carbocycles. The van der Waals surface area contributed by atoms with E-state index < -0.39 is 0 Å². The first-order valence-corrected chi connectivity index (χ1v) is 8.43. The lowest BCUT2D eigenvalue weighted by Gasteiger charge is -2.04. The van der Waals surface area contributed by atoms with Crippen LogP contribution in [0, 0.1) is 12.7 Å². The molecule has 1 N–H and O–H groups in total. The maximum Gasteiger partial charge on any atom is 0.220 e. The van der Waals surface area contributed by atoms with Gasteiger partial charge in [0.2, 0.25) is 5.91 Å². The number of aromatic nitrogens is 1. The van der Waals surface area contributed by atoms with Gasteiger partial charge in [0.05, 0.1) is 10.7 Å². The van der Waals surface area contributed by atoms with E-state index in [4.69, 9.17) is 0 Å². The second-order valence-corrected chi connectivity index (χ2v) is 6.35. The van der Waals surface area contributed by atoms with Crippen molar-refractivity contribution in [1.29, 1.82) is 0 Å². The van der Waals surface area contributed by atoms with Crippen LogP contribution in [-0.2, 0) is 17.6 Å². The molecular weight excluding hydrogens is 299 g/mol. The van der Waals surface area contributed by atoms with Gasteiger partial charge >= 0.3 is 0 Å². The van der Waals surface area contributed by atoms with Crippen LogP contribution in [-0.4, -0.2) is 17.4 Å². The topological polar surface area (TPSA) is 42.0 Å². The van der Waals surface area contributed by atoms with Gasteiger partial charge < -0.3 is 5.32 Å². The molecule has 0 aliphatic rings. The Bertz CT molecular complexity index is 595. The summed E-state index contributed by atoms with van der Waals surface area (Å²) in [5.41, 5.74) is 2.15. The minimum Gasteiger partial charge on any atom is -0.356 e. The van der Waals surface area contributed by atoms with Gasteiger partial charge in [-0.1, -0.05) is 12.1 Å². The monoisotopic (exact) mass is 320 g/mol. The first-order valence-electron chi connectivity index (χ1n) is 7.55.